The van der Waals surface area contributed by atoms with Crippen LogP contribution in [0.25, 0.3) is 0 Å². The van der Waals surface area contributed by atoms with Gasteiger partial charge < -0.3 is 4.74 Å². The summed E-state index contributed by atoms with van der Waals surface area (Å²) < 4.78 is 3.65. The predicted octanol–water partition coefficient (Wildman–Crippen LogP) is 5.91. The molecule has 0 radical (unpaired) electrons. The van der Waals surface area contributed by atoms with Crippen molar-refractivity contribution in [3.8, 4) is 0 Å². The van der Waals surface area contributed by atoms with Crippen LogP contribution in [0.3, 0.4) is 0 Å². The molecule has 3 aromatic carbocycles. The number of rotatable bonds is 4. The maximum atomic E-state index is 14.1. The molecule has 5 nitrogen and oxygen atoms in total. The molecule has 1 aliphatic heterocycles. The lowest BCUT2D eigenvalue weighted by Gasteiger charge is -2.55. The van der Waals surface area contributed by atoms with Crippen LogP contribution in [-0.2, 0) is 23.0 Å². The van der Waals surface area contributed by atoms with Gasteiger partial charge >= 0.3 is 5.97 Å². The summed E-state index contributed by atoms with van der Waals surface area (Å²) >= 11 is 8.01. The summed E-state index contributed by atoms with van der Waals surface area (Å²) in [6, 6.07) is 22.5. The first-order valence-corrected chi connectivity index (χ1v) is 13.5. The molecule has 7 rings (SSSR count). The van der Waals surface area contributed by atoms with Crippen molar-refractivity contribution in [2.24, 2.45) is 17.8 Å². The normalized spacial score (nSPS) is 27.6. The molecule has 7 heteroatoms. The maximum absolute atomic E-state index is 14.1. The molecule has 182 valence electrons. The van der Waals surface area contributed by atoms with Crippen molar-refractivity contribution in [3.63, 3.8) is 0 Å². The molecule has 4 aliphatic rings. The number of nitrogens with zero attached hydrogens (tertiary/aromatic N) is 1. The molecule has 0 unspecified atom stereocenters. The molecule has 1 heterocycles. The number of benzene rings is 3. The number of carbonyl (C=O) groups excluding carboxylic acids is 3. The van der Waals surface area contributed by atoms with E-state index >= 15 is 0 Å². The lowest BCUT2D eigenvalue weighted by molar-refractivity contribution is -0.122. The van der Waals surface area contributed by atoms with Gasteiger partial charge in [-0.1, -0.05) is 94.2 Å². The molecule has 0 spiro atoms. The van der Waals surface area contributed by atoms with E-state index in [1.54, 1.807) is 24.3 Å². The molecule has 0 aromatic heterocycles. The maximum Gasteiger partial charge on any atom is 0.338 e. The minimum Gasteiger partial charge on any atom is -0.462 e. The minimum absolute atomic E-state index is 0.230. The smallest absolute Gasteiger partial charge is 0.338 e. The number of hydrogen-bond acceptors (Lipinski definition) is 4. The van der Waals surface area contributed by atoms with Crippen LogP contribution in [0.5, 0.6) is 0 Å². The van der Waals surface area contributed by atoms with Gasteiger partial charge in [-0.2, -0.15) is 0 Å². The zero-order valence-corrected chi connectivity index (χ0v) is 22.9. The van der Waals surface area contributed by atoms with E-state index in [0.29, 0.717) is 17.9 Å². The van der Waals surface area contributed by atoms with Crippen molar-refractivity contribution in [1.82, 2.24) is 0 Å². The van der Waals surface area contributed by atoms with Gasteiger partial charge in [-0.3, -0.25) is 9.59 Å². The highest BCUT2D eigenvalue weighted by molar-refractivity contribution is 9.10. The molecule has 3 aromatic rings. The van der Waals surface area contributed by atoms with E-state index in [1.165, 1.54) is 4.90 Å². The Balaban J connectivity index is 1.44. The standard InChI is InChI=1S/C29H23Br2NO4/c1-16(2)15-36-27(35)17-11-13-18(14-12-17)32-25(33)23-24(26(32)34)29(31)20-8-4-3-7-19(20)28(23,30)21-9-5-6-10-22(21)29/h3-14,16,23-24H,15H2,1-2H3/t23-,24-,28?,29?/m0/s1. The number of halogens is 2. The van der Waals surface area contributed by atoms with Gasteiger partial charge in [0, 0.05) is 0 Å². The lowest BCUT2D eigenvalue weighted by atomic mass is 9.54. The number of amides is 2. The van der Waals surface area contributed by atoms with E-state index in [1.807, 2.05) is 62.4 Å². The van der Waals surface area contributed by atoms with Gasteiger partial charge in [0.15, 0.2) is 0 Å². The molecular weight excluding hydrogens is 586 g/mol. The second kappa shape index (κ2) is 8.12. The van der Waals surface area contributed by atoms with E-state index in [4.69, 9.17) is 4.74 Å². The van der Waals surface area contributed by atoms with E-state index in [2.05, 4.69) is 31.9 Å². The van der Waals surface area contributed by atoms with Gasteiger partial charge in [-0.15, -0.1) is 0 Å². The fourth-order valence-corrected chi connectivity index (χ4v) is 8.30. The van der Waals surface area contributed by atoms with Crippen LogP contribution in [0, 0.1) is 17.8 Å². The first kappa shape index (κ1) is 23.6. The predicted molar refractivity (Wildman–Crippen MR) is 143 cm³/mol. The topological polar surface area (TPSA) is 63.7 Å². The molecule has 2 amide bonds. The third kappa shape index (κ3) is 2.96. The van der Waals surface area contributed by atoms with Gasteiger partial charge in [-0.05, 0) is 52.4 Å². The number of hydrogen-bond donors (Lipinski definition) is 0. The second-order valence-corrected chi connectivity index (χ2v) is 12.5. The number of anilines is 1. The fraction of sp³-hybridized carbons (Fsp3) is 0.276. The van der Waals surface area contributed by atoms with Crippen LogP contribution in [0.4, 0.5) is 5.69 Å². The largest absolute Gasteiger partial charge is 0.462 e. The minimum atomic E-state index is -0.831. The van der Waals surface area contributed by atoms with Gasteiger partial charge in [0.05, 0.1) is 38.3 Å². The first-order chi connectivity index (χ1) is 17.2. The average molecular weight is 609 g/mol. The summed E-state index contributed by atoms with van der Waals surface area (Å²) in [7, 11) is 0. The molecule has 2 atom stereocenters. The third-order valence-electron chi connectivity index (χ3n) is 7.49. The van der Waals surface area contributed by atoms with Crippen molar-refractivity contribution >= 4 is 55.3 Å². The van der Waals surface area contributed by atoms with Crippen molar-refractivity contribution < 1.29 is 19.1 Å². The molecule has 36 heavy (non-hydrogen) atoms. The number of ether oxygens (including phenoxy) is 1. The quantitative estimate of drug-likeness (QED) is 0.210. The zero-order valence-electron chi connectivity index (χ0n) is 19.7. The Labute approximate surface area is 226 Å². The Morgan fingerprint density at radius 2 is 1.22 bits per heavy atom. The van der Waals surface area contributed by atoms with Crippen LogP contribution < -0.4 is 4.90 Å². The summed E-state index contributed by atoms with van der Waals surface area (Å²) in [5.41, 5.74) is 4.80. The van der Waals surface area contributed by atoms with E-state index in [-0.39, 0.29) is 17.7 Å². The summed E-state index contributed by atoms with van der Waals surface area (Å²) in [4.78, 5) is 41.8. The number of alkyl halides is 2. The molecule has 0 N–H and O–H groups in total. The van der Waals surface area contributed by atoms with Crippen LogP contribution in [0.15, 0.2) is 72.8 Å². The number of carbonyl (C=O) groups is 3. The molecule has 0 saturated carbocycles. The van der Waals surface area contributed by atoms with Crippen molar-refractivity contribution in [1.29, 1.82) is 0 Å². The highest BCUT2D eigenvalue weighted by atomic mass is 79.9. The SMILES string of the molecule is CC(C)COC(=O)c1ccc(N2C(=O)[C@@H]3[C@@H](C2=O)C2(Br)c4ccccc4C3(Br)c3ccccc32)cc1. The highest BCUT2D eigenvalue weighted by Gasteiger charge is 2.72. The van der Waals surface area contributed by atoms with E-state index in [9.17, 15) is 14.4 Å². The molecule has 3 aliphatic carbocycles. The van der Waals surface area contributed by atoms with Crippen LogP contribution >= 0.6 is 31.9 Å². The summed E-state index contributed by atoms with van der Waals surface area (Å²) in [6.07, 6.45) is 0. The van der Waals surface area contributed by atoms with Crippen LogP contribution in [0.1, 0.15) is 46.5 Å². The molecule has 2 bridgehead atoms. The fourth-order valence-electron chi connectivity index (χ4n) is 5.99. The number of esters is 1. The van der Waals surface area contributed by atoms with Crippen molar-refractivity contribution in [2.75, 3.05) is 11.5 Å². The Hall–Kier alpha value is -2.77. The molecular formula is C29H23Br2NO4. The van der Waals surface area contributed by atoms with Gasteiger partial charge in [0.1, 0.15) is 0 Å². The summed E-state index contributed by atoms with van der Waals surface area (Å²) in [5, 5.41) is 0. The Kier molecular flexibility index (Phi) is 5.33. The summed E-state index contributed by atoms with van der Waals surface area (Å²) in [5.74, 6) is -1.98. The monoisotopic (exact) mass is 607 g/mol. The highest BCUT2D eigenvalue weighted by Crippen LogP contribution is 2.70. The Morgan fingerprint density at radius 3 is 1.61 bits per heavy atom. The van der Waals surface area contributed by atoms with Crippen molar-refractivity contribution in [2.45, 2.75) is 22.5 Å². The van der Waals surface area contributed by atoms with Gasteiger partial charge in [0.2, 0.25) is 11.8 Å². The Morgan fingerprint density at radius 1 is 0.806 bits per heavy atom. The molecule has 1 fully saturated rings. The number of imide groups is 1. The van der Waals surface area contributed by atoms with Crippen LogP contribution in [0.2, 0.25) is 0 Å². The first-order valence-electron chi connectivity index (χ1n) is 11.9. The van der Waals surface area contributed by atoms with Gasteiger partial charge in [0.25, 0.3) is 0 Å². The third-order valence-corrected chi connectivity index (χ3v) is 10.2. The van der Waals surface area contributed by atoms with Gasteiger partial charge in [-0.25, -0.2) is 9.69 Å². The second-order valence-electron chi connectivity index (χ2n) is 10.0. The zero-order chi connectivity index (χ0) is 25.4. The molecule has 1 saturated heterocycles. The lowest BCUT2D eigenvalue weighted by Crippen LogP contribution is -2.56. The van der Waals surface area contributed by atoms with E-state index in [0.717, 1.165) is 22.3 Å². The average Bonchev–Trinajstić information content (AvgIpc) is 3.17. The summed E-state index contributed by atoms with van der Waals surface area (Å²) in [6.45, 7) is 4.27. The van der Waals surface area contributed by atoms with Crippen molar-refractivity contribution in [3.05, 3.63) is 101 Å². The Bertz CT molecular complexity index is 1310. The van der Waals surface area contributed by atoms with E-state index < -0.39 is 26.5 Å². The van der Waals surface area contributed by atoms with Crippen LogP contribution in [-0.4, -0.2) is 24.4 Å².